The third kappa shape index (κ3) is 4.32. The molecule has 1 heterocycles. The highest BCUT2D eigenvalue weighted by Crippen LogP contribution is 2.54. The lowest BCUT2D eigenvalue weighted by atomic mass is 9.69. The van der Waals surface area contributed by atoms with E-state index >= 15 is 0 Å². The summed E-state index contributed by atoms with van der Waals surface area (Å²) in [6, 6.07) is 4.86. The van der Waals surface area contributed by atoms with Gasteiger partial charge in [0.15, 0.2) is 11.6 Å². The highest BCUT2D eigenvalue weighted by molar-refractivity contribution is 6.31. The monoisotopic (exact) mass is 539 g/mol. The van der Waals surface area contributed by atoms with Crippen LogP contribution in [0.5, 0.6) is 17.2 Å². The quantitative estimate of drug-likeness (QED) is 0.416. The largest absolute Gasteiger partial charge is 0.507 e. The van der Waals surface area contributed by atoms with Crippen LogP contribution in [0.2, 0.25) is 0 Å². The molecular formula is C30H37NO8. The van der Waals surface area contributed by atoms with Gasteiger partial charge in [0.05, 0.1) is 42.1 Å². The molecule has 2 aliphatic carbocycles. The highest BCUT2D eigenvalue weighted by Gasteiger charge is 2.49. The van der Waals surface area contributed by atoms with Crippen molar-refractivity contribution in [2.45, 2.75) is 70.0 Å². The van der Waals surface area contributed by atoms with Crippen LogP contribution < -0.4 is 4.74 Å². The number of aliphatic hydroxyl groups is 1. The zero-order valence-electron chi connectivity index (χ0n) is 23.3. The number of phenols is 2. The molecule has 0 radical (unpaired) electrons. The number of benzene rings is 2. The van der Waals surface area contributed by atoms with E-state index in [1.165, 1.54) is 13.2 Å². The maximum Gasteiger partial charge on any atom is 0.202 e. The van der Waals surface area contributed by atoms with Gasteiger partial charge in [0.25, 0.3) is 0 Å². The summed E-state index contributed by atoms with van der Waals surface area (Å²) in [5, 5.41) is 34.9. The van der Waals surface area contributed by atoms with Gasteiger partial charge in [-0.15, -0.1) is 0 Å². The fourth-order valence-corrected chi connectivity index (χ4v) is 6.31. The van der Waals surface area contributed by atoms with E-state index in [-0.39, 0.29) is 63.9 Å². The van der Waals surface area contributed by atoms with Crippen molar-refractivity contribution >= 4 is 11.6 Å². The van der Waals surface area contributed by atoms with E-state index in [0.717, 1.165) is 6.42 Å². The Hall–Kier alpha value is -2.98. The number of rotatable bonds is 5. The molecule has 4 unspecified atom stereocenters. The summed E-state index contributed by atoms with van der Waals surface area (Å²) in [7, 11) is 5.39. The molecule has 9 nitrogen and oxygen atoms in total. The van der Waals surface area contributed by atoms with E-state index in [1.54, 1.807) is 12.1 Å². The van der Waals surface area contributed by atoms with Crippen LogP contribution in [0.15, 0.2) is 18.2 Å². The van der Waals surface area contributed by atoms with Crippen LogP contribution in [0.3, 0.4) is 0 Å². The Morgan fingerprint density at radius 2 is 1.74 bits per heavy atom. The maximum atomic E-state index is 13.8. The van der Waals surface area contributed by atoms with Crippen LogP contribution in [0, 0.1) is 5.92 Å². The number of fused-ring (bicyclic) bond motifs is 3. The topological polar surface area (TPSA) is 126 Å². The maximum absolute atomic E-state index is 13.8. The van der Waals surface area contributed by atoms with Crippen LogP contribution in [0.25, 0.3) is 0 Å². The van der Waals surface area contributed by atoms with Gasteiger partial charge in [-0.05, 0) is 39.4 Å². The summed E-state index contributed by atoms with van der Waals surface area (Å²) in [5.41, 5.74) is -1.32. The van der Waals surface area contributed by atoms with Crippen molar-refractivity contribution in [2.75, 3.05) is 27.8 Å². The predicted molar refractivity (Wildman–Crippen MR) is 143 cm³/mol. The summed E-state index contributed by atoms with van der Waals surface area (Å²) in [6.07, 6.45) is 0.560. The van der Waals surface area contributed by atoms with Crippen LogP contribution in [-0.4, -0.2) is 77.0 Å². The number of carbonyl (C=O) groups is 2. The molecule has 2 aromatic carbocycles. The van der Waals surface area contributed by atoms with Crippen molar-refractivity contribution in [3.63, 3.8) is 0 Å². The number of phenolic OH excluding ortho intramolecular Hbond substituents is 2. The molecular weight excluding hydrogens is 502 g/mol. The molecule has 3 aliphatic rings. The summed E-state index contributed by atoms with van der Waals surface area (Å²) in [6.45, 7) is 6.04. The lowest BCUT2D eigenvalue weighted by Crippen LogP contribution is -2.49. The van der Waals surface area contributed by atoms with E-state index in [0.29, 0.717) is 13.0 Å². The van der Waals surface area contributed by atoms with Crippen molar-refractivity contribution in [3.8, 4) is 17.2 Å². The second kappa shape index (κ2) is 9.59. The number of aromatic hydroxyl groups is 2. The third-order valence-electron chi connectivity index (χ3n) is 8.77. The van der Waals surface area contributed by atoms with Crippen molar-refractivity contribution in [3.05, 3.63) is 51.6 Å². The highest BCUT2D eigenvalue weighted by atomic mass is 16.7. The van der Waals surface area contributed by atoms with E-state index in [9.17, 15) is 24.9 Å². The SMILES string of the molecule is COc1cccc2c1C(=O)c1c(O)c3c(c(O)c1C2=O)CC(O)(C(C)C)CC3OC1(C)CC(N(C)C)CCO1. The van der Waals surface area contributed by atoms with Crippen molar-refractivity contribution in [2.24, 2.45) is 5.92 Å². The smallest absolute Gasteiger partial charge is 0.202 e. The normalized spacial score (nSPS) is 28.3. The Kier molecular flexibility index (Phi) is 6.78. The van der Waals surface area contributed by atoms with Gasteiger partial charge < -0.3 is 34.4 Å². The molecule has 0 spiro atoms. The third-order valence-corrected chi connectivity index (χ3v) is 8.77. The van der Waals surface area contributed by atoms with Crippen LogP contribution in [0.4, 0.5) is 0 Å². The van der Waals surface area contributed by atoms with E-state index < -0.39 is 40.6 Å². The molecule has 0 bridgehead atoms. The van der Waals surface area contributed by atoms with Crippen LogP contribution in [-0.2, 0) is 15.9 Å². The number of methoxy groups -OCH3 is 1. The second-order valence-electron chi connectivity index (χ2n) is 11.7. The molecule has 4 atom stereocenters. The average Bonchev–Trinajstić information content (AvgIpc) is 2.88. The molecule has 0 aromatic heterocycles. The number of ether oxygens (including phenoxy) is 3. The Morgan fingerprint density at radius 1 is 1.05 bits per heavy atom. The second-order valence-corrected chi connectivity index (χ2v) is 11.7. The van der Waals surface area contributed by atoms with Crippen molar-refractivity contribution in [1.29, 1.82) is 0 Å². The van der Waals surface area contributed by atoms with Gasteiger partial charge in [-0.1, -0.05) is 26.0 Å². The lowest BCUT2D eigenvalue weighted by Gasteiger charge is -2.47. The van der Waals surface area contributed by atoms with Crippen molar-refractivity contribution in [1.82, 2.24) is 4.90 Å². The Balaban J connectivity index is 1.69. The number of ketones is 2. The number of nitrogens with zero attached hydrogens (tertiary/aromatic N) is 1. The lowest BCUT2D eigenvalue weighted by molar-refractivity contribution is -0.283. The van der Waals surface area contributed by atoms with Gasteiger partial charge >= 0.3 is 0 Å². The van der Waals surface area contributed by atoms with Crippen LogP contribution in [0.1, 0.15) is 89.1 Å². The average molecular weight is 540 g/mol. The summed E-state index contributed by atoms with van der Waals surface area (Å²) >= 11 is 0. The standard InChI is InChI=1S/C30H37NO8/c1-15(2)30(36)13-18-22(20(14-30)39-29(3)12-16(31(4)5)10-11-38-29)28(35)24-23(26(18)33)25(32)17-8-7-9-19(37-6)21(17)27(24)34/h7-9,15-16,20,33,35-36H,10-14H2,1-6H3. The molecule has 1 fully saturated rings. The Morgan fingerprint density at radius 3 is 2.38 bits per heavy atom. The first-order valence-electron chi connectivity index (χ1n) is 13.4. The summed E-state index contributed by atoms with van der Waals surface area (Å²) in [4.78, 5) is 29.5. The molecule has 39 heavy (non-hydrogen) atoms. The zero-order chi connectivity index (χ0) is 28.4. The summed E-state index contributed by atoms with van der Waals surface area (Å²) < 4.78 is 18.0. The Bertz CT molecular complexity index is 1350. The van der Waals surface area contributed by atoms with E-state index in [2.05, 4.69) is 4.90 Å². The Labute approximate surface area is 228 Å². The molecule has 210 valence electrons. The molecule has 1 aliphatic heterocycles. The van der Waals surface area contributed by atoms with E-state index in [4.69, 9.17) is 14.2 Å². The molecule has 3 N–H and O–H groups in total. The molecule has 2 aromatic rings. The molecule has 0 saturated carbocycles. The zero-order valence-corrected chi connectivity index (χ0v) is 23.3. The fraction of sp³-hybridized carbons (Fsp3) is 0.533. The molecule has 1 saturated heterocycles. The minimum Gasteiger partial charge on any atom is -0.507 e. The van der Waals surface area contributed by atoms with Gasteiger partial charge in [-0.3, -0.25) is 9.59 Å². The van der Waals surface area contributed by atoms with Crippen molar-refractivity contribution < 1.29 is 39.1 Å². The van der Waals surface area contributed by atoms with E-state index in [1.807, 2.05) is 34.9 Å². The predicted octanol–water partition coefficient (Wildman–Crippen LogP) is 3.73. The first-order valence-corrected chi connectivity index (χ1v) is 13.4. The van der Waals surface area contributed by atoms with Gasteiger partial charge in [-0.2, -0.15) is 0 Å². The number of carbonyl (C=O) groups excluding carboxylic acids is 2. The number of hydrogen-bond donors (Lipinski definition) is 3. The van der Waals surface area contributed by atoms with Gasteiger partial charge in [-0.25, -0.2) is 0 Å². The minimum atomic E-state index is -1.30. The summed E-state index contributed by atoms with van der Waals surface area (Å²) in [5.74, 6) is -3.13. The molecule has 5 rings (SSSR count). The van der Waals surface area contributed by atoms with Gasteiger partial charge in [0, 0.05) is 42.0 Å². The molecule has 0 amide bonds. The molecule has 9 heteroatoms. The van der Waals surface area contributed by atoms with Gasteiger partial charge in [0.1, 0.15) is 17.2 Å². The van der Waals surface area contributed by atoms with Crippen LogP contribution >= 0.6 is 0 Å². The fourth-order valence-electron chi connectivity index (χ4n) is 6.31. The first kappa shape index (κ1) is 27.6. The number of hydrogen-bond acceptors (Lipinski definition) is 9. The minimum absolute atomic E-state index is 0.0170. The van der Waals surface area contributed by atoms with Gasteiger partial charge in [0.2, 0.25) is 5.78 Å². The first-order chi connectivity index (χ1) is 18.3.